The summed E-state index contributed by atoms with van der Waals surface area (Å²) in [5.74, 6) is -0.808. The fourth-order valence-electron chi connectivity index (χ4n) is 1.30. The molecule has 0 saturated heterocycles. The lowest BCUT2D eigenvalue weighted by molar-refractivity contribution is -0.145. The first-order chi connectivity index (χ1) is 10.9. The van der Waals surface area contributed by atoms with Crippen molar-refractivity contribution in [1.82, 2.24) is 0 Å². The van der Waals surface area contributed by atoms with Gasteiger partial charge in [-0.05, 0) is 26.7 Å². The fraction of sp³-hybridized carbons (Fsp3) is 0.647. The van der Waals surface area contributed by atoms with Crippen molar-refractivity contribution < 1.29 is 29.3 Å². The predicted molar refractivity (Wildman–Crippen MR) is 88.8 cm³/mol. The largest absolute Gasteiger partial charge is 0.463 e. The summed E-state index contributed by atoms with van der Waals surface area (Å²) in [5, 5.41) is 17.0. The van der Waals surface area contributed by atoms with Crippen molar-refractivity contribution in [2.75, 3.05) is 19.8 Å². The molecule has 0 aliphatic carbocycles. The summed E-state index contributed by atoms with van der Waals surface area (Å²) in [6.07, 6.45) is 5.68. The zero-order valence-corrected chi connectivity index (χ0v) is 14.3. The second-order valence-corrected chi connectivity index (χ2v) is 5.04. The molecule has 0 rings (SSSR count). The number of esters is 2. The Morgan fingerprint density at radius 2 is 1.70 bits per heavy atom. The molecule has 1 unspecified atom stereocenters. The smallest absolute Gasteiger partial charge is 0.333 e. The Hall–Kier alpha value is -1.66. The summed E-state index contributed by atoms with van der Waals surface area (Å²) in [7, 11) is 0. The number of carbonyl (C=O) groups excluding carboxylic acids is 2. The maximum Gasteiger partial charge on any atom is 0.333 e. The van der Waals surface area contributed by atoms with E-state index in [2.05, 4.69) is 17.9 Å². The van der Waals surface area contributed by atoms with Crippen LogP contribution in [0.15, 0.2) is 24.8 Å². The molecule has 0 aliphatic rings. The van der Waals surface area contributed by atoms with Crippen molar-refractivity contribution in [2.45, 2.75) is 52.1 Å². The van der Waals surface area contributed by atoms with Gasteiger partial charge in [-0.25, -0.2) is 9.59 Å². The Kier molecular flexibility index (Phi) is 17.1. The Balaban J connectivity index is 0. The van der Waals surface area contributed by atoms with Crippen molar-refractivity contribution >= 4 is 11.9 Å². The van der Waals surface area contributed by atoms with E-state index in [4.69, 9.17) is 14.9 Å². The maximum atomic E-state index is 10.7. The van der Waals surface area contributed by atoms with Gasteiger partial charge in [-0.1, -0.05) is 32.4 Å². The number of carbonyl (C=O) groups is 2. The molecule has 0 aromatic carbocycles. The van der Waals surface area contributed by atoms with Gasteiger partial charge in [-0.2, -0.15) is 0 Å². The number of unbranched alkanes of at least 4 members (excludes halogenated alkanes) is 4. The minimum absolute atomic E-state index is 0.154. The average molecular weight is 330 g/mol. The summed E-state index contributed by atoms with van der Waals surface area (Å²) in [6.45, 7) is 10.4. The van der Waals surface area contributed by atoms with Crippen LogP contribution in [0.5, 0.6) is 0 Å². The first-order valence-corrected chi connectivity index (χ1v) is 7.76. The van der Waals surface area contributed by atoms with Crippen LogP contribution < -0.4 is 0 Å². The van der Waals surface area contributed by atoms with Crippen molar-refractivity contribution in [2.24, 2.45) is 0 Å². The van der Waals surface area contributed by atoms with E-state index in [0.717, 1.165) is 32.1 Å². The molecule has 0 aliphatic heterocycles. The summed E-state index contributed by atoms with van der Waals surface area (Å²) >= 11 is 0. The summed E-state index contributed by atoms with van der Waals surface area (Å²) < 4.78 is 9.46. The lowest BCUT2D eigenvalue weighted by atomic mass is 10.1. The Morgan fingerprint density at radius 3 is 2.17 bits per heavy atom. The molecule has 0 spiro atoms. The quantitative estimate of drug-likeness (QED) is 0.342. The van der Waals surface area contributed by atoms with E-state index >= 15 is 0 Å². The SMILES string of the molecule is C=C(C)C(=O)OC(C)CO.C=CC(=O)OCCCCCCCO. The van der Waals surface area contributed by atoms with Crippen LogP contribution in [-0.4, -0.2) is 48.1 Å². The first kappa shape index (κ1) is 23.6. The number of aliphatic hydroxyl groups is 2. The van der Waals surface area contributed by atoms with E-state index < -0.39 is 12.1 Å². The fourth-order valence-corrected chi connectivity index (χ4v) is 1.30. The minimum atomic E-state index is -0.457. The van der Waals surface area contributed by atoms with Crippen LogP contribution in [0.3, 0.4) is 0 Å². The Bertz CT molecular complexity index is 351. The van der Waals surface area contributed by atoms with Gasteiger partial charge in [0.05, 0.1) is 13.2 Å². The molecule has 0 bridgehead atoms. The molecule has 1 atom stereocenters. The predicted octanol–water partition coefficient (Wildman–Crippen LogP) is 2.14. The highest BCUT2D eigenvalue weighted by molar-refractivity contribution is 5.87. The van der Waals surface area contributed by atoms with Crippen molar-refractivity contribution in [3.8, 4) is 0 Å². The molecule has 6 heteroatoms. The molecule has 0 aromatic rings. The molecular formula is C17H30O6. The van der Waals surface area contributed by atoms with Crippen LogP contribution in [0.1, 0.15) is 46.0 Å². The zero-order chi connectivity index (χ0) is 18.1. The summed E-state index contributed by atoms with van der Waals surface area (Å²) in [5.41, 5.74) is 0.347. The van der Waals surface area contributed by atoms with Gasteiger partial charge in [0.25, 0.3) is 0 Å². The third kappa shape index (κ3) is 18.3. The van der Waals surface area contributed by atoms with Crippen molar-refractivity contribution in [3.05, 3.63) is 24.8 Å². The molecule has 0 heterocycles. The highest BCUT2D eigenvalue weighted by Gasteiger charge is 2.07. The van der Waals surface area contributed by atoms with E-state index in [9.17, 15) is 9.59 Å². The monoisotopic (exact) mass is 330 g/mol. The van der Waals surface area contributed by atoms with Gasteiger partial charge in [0.15, 0.2) is 0 Å². The number of rotatable bonds is 11. The molecule has 23 heavy (non-hydrogen) atoms. The van der Waals surface area contributed by atoms with Crippen molar-refractivity contribution in [3.63, 3.8) is 0 Å². The highest BCUT2D eigenvalue weighted by atomic mass is 16.6. The second-order valence-electron chi connectivity index (χ2n) is 5.04. The Morgan fingerprint density at radius 1 is 1.13 bits per heavy atom. The lowest BCUT2D eigenvalue weighted by Gasteiger charge is -2.08. The summed E-state index contributed by atoms with van der Waals surface area (Å²) in [4.78, 5) is 21.3. The van der Waals surface area contributed by atoms with E-state index in [1.165, 1.54) is 6.08 Å². The third-order valence-corrected chi connectivity index (χ3v) is 2.63. The van der Waals surface area contributed by atoms with E-state index in [1.807, 2.05) is 0 Å². The molecule has 0 radical (unpaired) electrons. The molecule has 0 saturated carbocycles. The number of hydrogen-bond acceptors (Lipinski definition) is 6. The highest BCUT2D eigenvalue weighted by Crippen LogP contribution is 2.02. The molecule has 0 fully saturated rings. The van der Waals surface area contributed by atoms with E-state index in [0.29, 0.717) is 12.2 Å². The topological polar surface area (TPSA) is 93.1 Å². The van der Waals surface area contributed by atoms with Crippen LogP contribution in [0.25, 0.3) is 0 Å². The van der Waals surface area contributed by atoms with Gasteiger partial charge < -0.3 is 19.7 Å². The first-order valence-electron chi connectivity index (χ1n) is 7.76. The van der Waals surface area contributed by atoms with Crippen LogP contribution in [0.4, 0.5) is 0 Å². The van der Waals surface area contributed by atoms with Gasteiger partial charge in [0.2, 0.25) is 0 Å². The van der Waals surface area contributed by atoms with Gasteiger partial charge in [-0.3, -0.25) is 0 Å². The number of hydrogen-bond donors (Lipinski definition) is 2. The normalized spacial score (nSPS) is 10.8. The number of aliphatic hydroxyl groups excluding tert-OH is 2. The van der Waals surface area contributed by atoms with Crippen LogP contribution in [0.2, 0.25) is 0 Å². The standard InChI is InChI=1S/C10H18O3.C7H12O3/c1-2-10(12)13-9-7-5-3-4-6-8-11;1-5(2)7(9)10-6(3)4-8/h2,11H,1,3-9H2;6,8H,1,4H2,2-3H3. The average Bonchev–Trinajstić information content (AvgIpc) is 2.53. The van der Waals surface area contributed by atoms with E-state index in [1.54, 1.807) is 13.8 Å². The lowest BCUT2D eigenvalue weighted by Crippen LogP contribution is -2.18. The second kappa shape index (κ2) is 16.7. The van der Waals surface area contributed by atoms with Crippen LogP contribution in [-0.2, 0) is 19.1 Å². The maximum absolute atomic E-state index is 10.7. The van der Waals surface area contributed by atoms with E-state index in [-0.39, 0.29) is 19.2 Å². The summed E-state index contributed by atoms with van der Waals surface area (Å²) in [6, 6.07) is 0. The zero-order valence-electron chi connectivity index (χ0n) is 14.3. The van der Waals surface area contributed by atoms with Gasteiger partial charge >= 0.3 is 11.9 Å². The third-order valence-electron chi connectivity index (χ3n) is 2.63. The van der Waals surface area contributed by atoms with Gasteiger partial charge in [0, 0.05) is 18.3 Å². The molecule has 0 aromatic heterocycles. The van der Waals surface area contributed by atoms with Crippen LogP contribution in [0, 0.1) is 0 Å². The minimum Gasteiger partial charge on any atom is -0.463 e. The van der Waals surface area contributed by atoms with Gasteiger partial charge in [-0.15, -0.1) is 0 Å². The van der Waals surface area contributed by atoms with Gasteiger partial charge in [0.1, 0.15) is 6.10 Å². The molecule has 2 N–H and O–H groups in total. The molecule has 134 valence electrons. The number of ether oxygens (including phenoxy) is 2. The molecule has 0 amide bonds. The Labute approximate surface area is 138 Å². The molecular weight excluding hydrogens is 300 g/mol. The molecule has 6 nitrogen and oxygen atoms in total. The van der Waals surface area contributed by atoms with Crippen molar-refractivity contribution in [1.29, 1.82) is 0 Å². The van der Waals surface area contributed by atoms with Crippen LogP contribution >= 0.6 is 0 Å².